The smallest absolute Gasteiger partial charge is 0.119 e. The number of nitrogen functional groups attached to an aromatic ring is 1. The Morgan fingerprint density at radius 3 is 2.88 bits per heavy atom. The highest BCUT2D eigenvalue weighted by Gasteiger charge is 2.06. The minimum absolute atomic E-state index is 0.459. The number of pyridine rings is 1. The molecule has 0 saturated carbocycles. The highest BCUT2D eigenvalue weighted by molar-refractivity contribution is 6.33. The first-order chi connectivity index (χ1) is 7.72. The van der Waals surface area contributed by atoms with Crippen molar-refractivity contribution in [2.45, 2.75) is 0 Å². The summed E-state index contributed by atoms with van der Waals surface area (Å²) in [5.74, 6) is 0.775. The zero-order valence-corrected chi connectivity index (χ0v) is 9.53. The second-order valence-electron chi connectivity index (χ2n) is 3.31. The van der Waals surface area contributed by atoms with Crippen LogP contribution in [0.15, 0.2) is 36.7 Å². The lowest BCUT2D eigenvalue weighted by Crippen LogP contribution is -1.93. The maximum Gasteiger partial charge on any atom is 0.119 e. The Bertz CT molecular complexity index is 514. The Morgan fingerprint density at radius 2 is 2.12 bits per heavy atom. The largest absolute Gasteiger partial charge is 0.497 e. The van der Waals surface area contributed by atoms with Gasteiger partial charge >= 0.3 is 0 Å². The van der Waals surface area contributed by atoms with Gasteiger partial charge in [-0.15, -0.1) is 0 Å². The van der Waals surface area contributed by atoms with Gasteiger partial charge in [-0.05, 0) is 17.7 Å². The van der Waals surface area contributed by atoms with E-state index in [1.165, 1.54) is 6.20 Å². The predicted octanol–water partition coefficient (Wildman–Crippen LogP) is 2.99. The van der Waals surface area contributed by atoms with Crippen LogP contribution in [0, 0.1) is 0 Å². The van der Waals surface area contributed by atoms with Crippen LogP contribution < -0.4 is 10.5 Å². The van der Waals surface area contributed by atoms with Crippen LogP contribution in [0.3, 0.4) is 0 Å². The van der Waals surface area contributed by atoms with Gasteiger partial charge < -0.3 is 10.5 Å². The van der Waals surface area contributed by atoms with Crippen LogP contribution in [-0.2, 0) is 0 Å². The van der Waals surface area contributed by atoms with Crippen molar-refractivity contribution in [3.63, 3.8) is 0 Å². The molecule has 16 heavy (non-hydrogen) atoms. The fraction of sp³-hybridized carbons (Fsp3) is 0.0833. The van der Waals surface area contributed by atoms with Gasteiger partial charge in [0.25, 0.3) is 0 Å². The molecule has 0 fully saturated rings. The molecule has 0 aliphatic heterocycles. The number of aromatic nitrogens is 1. The average Bonchev–Trinajstić information content (AvgIpc) is 2.33. The molecule has 2 aromatic rings. The molecule has 0 radical (unpaired) electrons. The molecule has 0 aliphatic carbocycles. The Hall–Kier alpha value is -1.74. The number of hydrogen-bond donors (Lipinski definition) is 1. The number of hydrogen-bond acceptors (Lipinski definition) is 3. The third kappa shape index (κ3) is 1.95. The van der Waals surface area contributed by atoms with Gasteiger partial charge in [0.2, 0.25) is 0 Å². The molecule has 0 saturated heterocycles. The number of nitrogens with two attached hydrogens (primary N) is 1. The summed E-state index contributed by atoms with van der Waals surface area (Å²) in [6.45, 7) is 0. The maximum atomic E-state index is 5.92. The van der Waals surface area contributed by atoms with Crippen molar-refractivity contribution in [1.29, 1.82) is 0 Å². The first-order valence-corrected chi connectivity index (χ1v) is 5.13. The standard InChI is InChI=1S/C12H11ClN2O/c1-16-9-4-2-3-8(5-9)10-6-15-7-11(13)12(10)14/h2-7H,1H3,(H2,14,15). The lowest BCUT2D eigenvalue weighted by molar-refractivity contribution is 0.415. The summed E-state index contributed by atoms with van der Waals surface area (Å²) in [6.07, 6.45) is 3.22. The molecule has 0 spiro atoms. The van der Waals surface area contributed by atoms with E-state index in [4.69, 9.17) is 22.1 Å². The predicted molar refractivity (Wildman–Crippen MR) is 65.6 cm³/mol. The van der Waals surface area contributed by atoms with Gasteiger partial charge in [0.15, 0.2) is 0 Å². The molecule has 0 unspecified atom stereocenters. The molecule has 0 aliphatic rings. The number of methoxy groups -OCH3 is 1. The zero-order chi connectivity index (χ0) is 11.5. The van der Waals surface area contributed by atoms with Gasteiger partial charge in [-0.1, -0.05) is 23.7 Å². The Kier molecular flexibility index (Phi) is 2.97. The topological polar surface area (TPSA) is 48.1 Å². The van der Waals surface area contributed by atoms with Crippen molar-refractivity contribution in [3.05, 3.63) is 41.7 Å². The fourth-order valence-corrected chi connectivity index (χ4v) is 1.62. The van der Waals surface area contributed by atoms with Gasteiger partial charge in [-0.25, -0.2) is 0 Å². The Balaban J connectivity index is 2.54. The van der Waals surface area contributed by atoms with E-state index >= 15 is 0 Å². The summed E-state index contributed by atoms with van der Waals surface area (Å²) in [4.78, 5) is 4.02. The van der Waals surface area contributed by atoms with Gasteiger partial charge in [0.1, 0.15) is 5.75 Å². The summed E-state index contributed by atoms with van der Waals surface area (Å²) in [7, 11) is 1.62. The lowest BCUT2D eigenvalue weighted by atomic mass is 10.1. The molecule has 1 heterocycles. The number of benzene rings is 1. The summed E-state index contributed by atoms with van der Waals surface area (Å²) in [5, 5.41) is 0.459. The van der Waals surface area contributed by atoms with E-state index < -0.39 is 0 Å². The van der Waals surface area contributed by atoms with Gasteiger partial charge in [-0.2, -0.15) is 0 Å². The van der Waals surface area contributed by atoms with E-state index in [-0.39, 0.29) is 0 Å². The Labute approximate surface area is 98.8 Å². The molecule has 2 rings (SSSR count). The summed E-state index contributed by atoms with van der Waals surface area (Å²) in [5.41, 5.74) is 8.17. The number of rotatable bonds is 2. The van der Waals surface area contributed by atoms with Crippen molar-refractivity contribution in [3.8, 4) is 16.9 Å². The quantitative estimate of drug-likeness (QED) is 0.869. The van der Waals surface area contributed by atoms with E-state index in [9.17, 15) is 0 Å². The summed E-state index contributed by atoms with van der Waals surface area (Å²) >= 11 is 5.92. The van der Waals surface area contributed by atoms with E-state index in [1.807, 2.05) is 24.3 Å². The Morgan fingerprint density at radius 1 is 1.31 bits per heavy atom. The molecule has 1 aromatic carbocycles. The third-order valence-electron chi connectivity index (χ3n) is 2.32. The van der Waals surface area contributed by atoms with Crippen LogP contribution in [0.5, 0.6) is 5.75 Å². The van der Waals surface area contributed by atoms with Crippen LogP contribution in [0.25, 0.3) is 11.1 Å². The molecular formula is C12H11ClN2O. The highest BCUT2D eigenvalue weighted by atomic mass is 35.5. The number of ether oxygens (including phenoxy) is 1. The van der Waals surface area contributed by atoms with Crippen LogP contribution in [0.2, 0.25) is 5.02 Å². The van der Waals surface area contributed by atoms with Crippen molar-refractivity contribution in [2.24, 2.45) is 0 Å². The number of nitrogens with zero attached hydrogens (tertiary/aromatic N) is 1. The fourth-order valence-electron chi connectivity index (χ4n) is 1.47. The first kappa shape index (κ1) is 10.8. The molecule has 1 aromatic heterocycles. The second-order valence-corrected chi connectivity index (χ2v) is 3.72. The van der Waals surface area contributed by atoms with Crippen molar-refractivity contribution < 1.29 is 4.74 Å². The third-order valence-corrected chi connectivity index (χ3v) is 2.62. The monoisotopic (exact) mass is 234 g/mol. The first-order valence-electron chi connectivity index (χ1n) is 4.76. The molecule has 2 N–H and O–H groups in total. The lowest BCUT2D eigenvalue weighted by Gasteiger charge is -2.08. The average molecular weight is 235 g/mol. The summed E-state index contributed by atoms with van der Waals surface area (Å²) in [6, 6.07) is 7.60. The molecule has 82 valence electrons. The molecular weight excluding hydrogens is 224 g/mol. The van der Waals surface area contributed by atoms with E-state index in [0.717, 1.165) is 16.9 Å². The van der Waals surface area contributed by atoms with Crippen molar-refractivity contribution in [2.75, 3.05) is 12.8 Å². The zero-order valence-electron chi connectivity index (χ0n) is 8.77. The van der Waals surface area contributed by atoms with E-state index in [1.54, 1.807) is 13.3 Å². The molecule has 0 amide bonds. The van der Waals surface area contributed by atoms with Crippen LogP contribution in [-0.4, -0.2) is 12.1 Å². The number of anilines is 1. The molecule has 4 heteroatoms. The van der Waals surface area contributed by atoms with Gasteiger partial charge in [0, 0.05) is 18.0 Å². The van der Waals surface area contributed by atoms with E-state index in [0.29, 0.717) is 10.7 Å². The normalized spacial score (nSPS) is 10.1. The molecule has 0 bridgehead atoms. The molecule has 3 nitrogen and oxygen atoms in total. The SMILES string of the molecule is COc1cccc(-c2cncc(Cl)c2N)c1. The summed E-state index contributed by atoms with van der Waals surface area (Å²) < 4.78 is 5.15. The van der Waals surface area contributed by atoms with E-state index in [2.05, 4.69) is 4.98 Å². The molecule has 0 atom stereocenters. The van der Waals surface area contributed by atoms with Crippen molar-refractivity contribution in [1.82, 2.24) is 4.98 Å². The van der Waals surface area contributed by atoms with Gasteiger partial charge in [0.05, 0.1) is 17.8 Å². The second kappa shape index (κ2) is 4.41. The maximum absolute atomic E-state index is 5.92. The van der Waals surface area contributed by atoms with Gasteiger partial charge in [-0.3, -0.25) is 4.98 Å². The van der Waals surface area contributed by atoms with Crippen LogP contribution >= 0.6 is 11.6 Å². The minimum atomic E-state index is 0.459. The van der Waals surface area contributed by atoms with Crippen LogP contribution in [0.1, 0.15) is 0 Å². The minimum Gasteiger partial charge on any atom is -0.497 e. The highest BCUT2D eigenvalue weighted by Crippen LogP contribution is 2.31. The van der Waals surface area contributed by atoms with Crippen molar-refractivity contribution >= 4 is 17.3 Å². The number of halogens is 1. The van der Waals surface area contributed by atoms with Crippen LogP contribution in [0.4, 0.5) is 5.69 Å².